The smallest absolute Gasteiger partial charge is 0.257 e. The minimum absolute atomic E-state index is 0.000731. The molecule has 0 atom stereocenters. The first-order valence-electron chi connectivity index (χ1n) is 10.2. The van der Waals surface area contributed by atoms with Gasteiger partial charge in [0.1, 0.15) is 11.5 Å². The summed E-state index contributed by atoms with van der Waals surface area (Å²) in [5.41, 5.74) is 1.35. The fourth-order valence-electron chi connectivity index (χ4n) is 2.91. The van der Waals surface area contributed by atoms with Gasteiger partial charge < -0.3 is 19.8 Å². The number of anilines is 1. The van der Waals surface area contributed by atoms with E-state index in [4.69, 9.17) is 9.15 Å². The number of aryl methyl sites for hydroxylation is 1. The molecule has 0 aliphatic heterocycles. The summed E-state index contributed by atoms with van der Waals surface area (Å²) in [6.07, 6.45) is 1.46. The van der Waals surface area contributed by atoms with Gasteiger partial charge in [-0.3, -0.25) is 9.59 Å². The van der Waals surface area contributed by atoms with E-state index in [0.29, 0.717) is 29.3 Å². The number of benzene rings is 2. The zero-order chi connectivity index (χ0) is 23.8. The molecular formula is C23H25N3O6S. The first-order chi connectivity index (χ1) is 15.8. The van der Waals surface area contributed by atoms with Gasteiger partial charge in [0.15, 0.2) is 6.61 Å². The van der Waals surface area contributed by atoms with Gasteiger partial charge in [-0.05, 0) is 67.9 Å². The molecule has 2 aromatic carbocycles. The molecule has 10 heteroatoms. The molecular weight excluding hydrogens is 446 g/mol. The van der Waals surface area contributed by atoms with Crippen LogP contribution in [-0.2, 0) is 21.4 Å². The minimum atomic E-state index is -3.84. The van der Waals surface area contributed by atoms with E-state index in [1.807, 2.05) is 6.92 Å². The second kappa shape index (κ2) is 10.8. The Balaban J connectivity index is 1.66. The summed E-state index contributed by atoms with van der Waals surface area (Å²) in [7, 11) is -3.84. The monoisotopic (exact) mass is 471 g/mol. The maximum atomic E-state index is 12.8. The van der Waals surface area contributed by atoms with E-state index in [-0.39, 0.29) is 29.5 Å². The Morgan fingerprint density at radius 3 is 2.48 bits per heavy atom. The zero-order valence-electron chi connectivity index (χ0n) is 18.3. The fraction of sp³-hybridized carbons (Fsp3) is 0.217. The topological polar surface area (TPSA) is 127 Å². The number of likely N-dealkylation sites (N-methyl/N-ethyl adjacent to an activating group) is 1. The largest absolute Gasteiger partial charge is 0.484 e. The lowest BCUT2D eigenvalue weighted by atomic mass is 10.1. The number of rotatable bonds is 10. The molecule has 0 unspecified atom stereocenters. The van der Waals surface area contributed by atoms with E-state index in [1.54, 1.807) is 49.4 Å². The summed E-state index contributed by atoms with van der Waals surface area (Å²) in [5.74, 6) is 0.277. The van der Waals surface area contributed by atoms with E-state index in [0.717, 1.165) is 0 Å². The summed E-state index contributed by atoms with van der Waals surface area (Å²) in [6, 6.07) is 14.2. The van der Waals surface area contributed by atoms with Crippen molar-refractivity contribution in [1.29, 1.82) is 0 Å². The number of nitrogens with one attached hydrogen (secondary N) is 3. The van der Waals surface area contributed by atoms with Crippen molar-refractivity contribution in [3.63, 3.8) is 0 Å². The average Bonchev–Trinajstić information content (AvgIpc) is 3.31. The van der Waals surface area contributed by atoms with Crippen LogP contribution in [0.25, 0.3) is 0 Å². The second-order valence-corrected chi connectivity index (χ2v) is 8.87. The van der Waals surface area contributed by atoms with Crippen LogP contribution in [0.1, 0.15) is 28.6 Å². The second-order valence-electron chi connectivity index (χ2n) is 7.10. The molecule has 2 amide bonds. The molecule has 3 rings (SSSR count). The molecule has 1 heterocycles. The molecule has 174 valence electrons. The van der Waals surface area contributed by atoms with Gasteiger partial charge in [0.05, 0.1) is 17.7 Å². The number of carbonyl (C=O) groups excluding carboxylic acids is 2. The molecule has 9 nitrogen and oxygen atoms in total. The maximum Gasteiger partial charge on any atom is 0.257 e. The molecule has 0 bridgehead atoms. The van der Waals surface area contributed by atoms with Gasteiger partial charge in [0.25, 0.3) is 11.8 Å². The summed E-state index contributed by atoms with van der Waals surface area (Å²) in [4.78, 5) is 24.2. The standard InChI is InChI=1S/C23H25N3O6S/c1-3-24-22(27)15-32-18-9-7-17(8-10-18)26-23(28)21-13-20(11-6-16(21)2)33(29,30)25-14-19-5-4-12-31-19/h4-13,25H,3,14-15H2,1-2H3,(H,24,27)(H,26,28). The van der Waals surface area contributed by atoms with Crippen LogP contribution in [0.5, 0.6) is 5.75 Å². The normalized spacial score (nSPS) is 11.1. The number of amides is 2. The molecule has 0 aliphatic carbocycles. The molecule has 1 aromatic heterocycles. The highest BCUT2D eigenvalue weighted by molar-refractivity contribution is 7.89. The predicted octanol–water partition coefficient (Wildman–Crippen LogP) is 2.83. The summed E-state index contributed by atoms with van der Waals surface area (Å²) in [6.45, 7) is 3.96. The number of hydrogen-bond acceptors (Lipinski definition) is 6. The van der Waals surface area contributed by atoms with Crippen LogP contribution in [0.4, 0.5) is 5.69 Å². The Morgan fingerprint density at radius 2 is 1.82 bits per heavy atom. The summed E-state index contributed by atoms with van der Waals surface area (Å²) < 4.78 is 38.2. The molecule has 0 radical (unpaired) electrons. The van der Waals surface area contributed by atoms with Crippen LogP contribution >= 0.6 is 0 Å². The SMILES string of the molecule is CCNC(=O)COc1ccc(NC(=O)c2cc(S(=O)(=O)NCc3ccco3)ccc2C)cc1. The molecule has 0 fully saturated rings. The molecule has 0 spiro atoms. The fourth-order valence-corrected chi connectivity index (χ4v) is 3.92. The Hall–Kier alpha value is -3.63. The predicted molar refractivity (Wildman–Crippen MR) is 122 cm³/mol. The van der Waals surface area contributed by atoms with Crippen LogP contribution in [0.15, 0.2) is 70.2 Å². The van der Waals surface area contributed by atoms with Gasteiger partial charge >= 0.3 is 0 Å². The number of ether oxygens (including phenoxy) is 1. The third-order valence-corrected chi connectivity index (χ3v) is 6.04. The van der Waals surface area contributed by atoms with Crippen molar-refractivity contribution in [2.24, 2.45) is 0 Å². The van der Waals surface area contributed by atoms with Crippen molar-refractivity contribution in [2.75, 3.05) is 18.5 Å². The van der Waals surface area contributed by atoms with Gasteiger partial charge in [-0.15, -0.1) is 0 Å². The molecule has 3 aromatic rings. The van der Waals surface area contributed by atoms with E-state index in [1.165, 1.54) is 18.4 Å². The van der Waals surface area contributed by atoms with E-state index < -0.39 is 15.9 Å². The first-order valence-corrected chi connectivity index (χ1v) is 11.7. The highest BCUT2D eigenvalue weighted by Crippen LogP contribution is 2.20. The van der Waals surface area contributed by atoms with Crippen LogP contribution in [-0.4, -0.2) is 33.4 Å². The van der Waals surface area contributed by atoms with Crippen molar-refractivity contribution in [3.05, 3.63) is 77.7 Å². The quantitative estimate of drug-likeness (QED) is 0.417. The van der Waals surface area contributed by atoms with Gasteiger partial charge in [-0.25, -0.2) is 13.1 Å². The Morgan fingerprint density at radius 1 is 1.06 bits per heavy atom. The van der Waals surface area contributed by atoms with Crippen LogP contribution in [0, 0.1) is 6.92 Å². The number of furan rings is 1. The van der Waals surface area contributed by atoms with E-state index >= 15 is 0 Å². The lowest BCUT2D eigenvalue weighted by Crippen LogP contribution is -2.28. The van der Waals surface area contributed by atoms with Gasteiger partial charge in [0, 0.05) is 17.8 Å². The summed E-state index contributed by atoms with van der Waals surface area (Å²) >= 11 is 0. The molecule has 3 N–H and O–H groups in total. The number of sulfonamides is 1. The molecule has 0 saturated heterocycles. The molecule has 0 aliphatic rings. The highest BCUT2D eigenvalue weighted by atomic mass is 32.2. The van der Waals surface area contributed by atoms with Crippen LogP contribution in [0.2, 0.25) is 0 Å². The zero-order valence-corrected chi connectivity index (χ0v) is 19.1. The third-order valence-electron chi connectivity index (χ3n) is 4.64. The first kappa shape index (κ1) is 24.0. The van der Waals surface area contributed by atoms with Gasteiger partial charge in [-0.1, -0.05) is 6.07 Å². The highest BCUT2D eigenvalue weighted by Gasteiger charge is 2.18. The maximum absolute atomic E-state index is 12.8. The lowest BCUT2D eigenvalue weighted by Gasteiger charge is -2.12. The minimum Gasteiger partial charge on any atom is -0.484 e. The Kier molecular flexibility index (Phi) is 7.86. The van der Waals surface area contributed by atoms with Crippen molar-refractivity contribution >= 4 is 27.5 Å². The molecule has 33 heavy (non-hydrogen) atoms. The Labute approximate surface area is 192 Å². The van der Waals surface area contributed by atoms with Crippen LogP contribution < -0.4 is 20.1 Å². The van der Waals surface area contributed by atoms with Crippen molar-refractivity contribution in [2.45, 2.75) is 25.3 Å². The summed E-state index contributed by atoms with van der Waals surface area (Å²) in [5, 5.41) is 5.37. The Bertz CT molecular complexity index is 1210. The van der Waals surface area contributed by atoms with Crippen LogP contribution in [0.3, 0.4) is 0 Å². The van der Waals surface area contributed by atoms with Crippen molar-refractivity contribution < 1.29 is 27.2 Å². The lowest BCUT2D eigenvalue weighted by molar-refractivity contribution is -0.122. The van der Waals surface area contributed by atoms with Crippen molar-refractivity contribution in [1.82, 2.24) is 10.0 Å². The van der Waals surface area contributed by atoms with Crippen molar-refractivity contribution in [3.8, 4) is 5.75 Å². The number of hydrogen-bond donors (Lipinski definition) is 3. The van der Waals surface area contributed by atoms with E-state index in [9.17, 15) is 18.0 Å². The van der Waals surface area contributed by atoms with Gasteiger partial charge in [0.2, 0.25) is 10.0 Å². The number of carbonyl (C=O) groups is 2. The average molecular weight is 472 g/mol. The molecule has 0 saturated carbocycles. The van der Waals surface area contributed by atoms with E-state index in [2.05, 4.69) is 15.4 Å². The third kappa shape index (κ3) is 6.67. The van der Waals surface area contributed by atoms with Gasteiger partial charge in [-0.2, -0.15) is 0 Å².